The van der Waals surface area contributed by atoms with Crippen LogP contribution in [-0.4, -0.2) is 52.6 Å². The van der Waals surface area contributed by atoms with E-state index in [4.69, 9.17) is 14.2 Å². The number of nitrogens with zero attached hydrogens (tertiary/aromatic N) is 3. The Morgan fingerprint density at radius 1 is 1.03 bits per heavy atom. The summed E-state index contributed by atoms with van der Waals surface area (Å²) < 4.78 is 18.2. The molecule has 3 aromatic rings. The van der Waals surface area contributed by atoms with Crippen LogP contribution in [0.5, 0.6) is 11.5 Å². The van der Waals surface area contributed by atoms with Crippen molar-refractivity contribution in [1.29, 1.82) is 0 Å². The first-order valence-corrected chi connectivity index (χ1v) is 10.6. The van der Waals surface area contributed by atoms with Gasteiger partial charge in [-0.2, -0.15) is 0 Å². The SMILES string of the molecule is COc1ccc(COCC(O)CSc2nnc(C)n2-c2cccc(C)c2)cc1OC. The zero-order valence-electron chi connectivity index (χ0n) is 17.7. The number of rotatable bonds is 10. The largest absolute Gasteiger partial charge is 0.493 e. The zero-order valence-corrected chi connectivity index (χ0v) is 18.5. The van der Waals surface area contributed by atoms with Crippen LogP contribution in [0.25, 0.3) is 5.69 Å². The van der Waals surface area contributed by atoms with E-state index < -0.39 is 6.10 Å². The Morgan fingerprint density at radius 3 is 2.57 bits per heavy atom. The Labute approximate surface area is 181 Å². The van der Waals surface area contributed by atoms with Crippen LogP contribution in [0.4, 0.5) is 0 Å². The van der Waals surface area contributed by atoms with Crippen molar-refractivity contribution in [1.82, 2.24) is 14.8 Å². The summed E-state index contributed by atoms with van der Waals surface area (Å²) in [5.41, 5.74) is 3.13. The Kier molecular flexibility index (Phi) is 7.73. The average Bonchev–Trinajstić information content (AvgIpc) is 3.12. The summed E-state index contributed by atoms with van der Waals surface area (Å²) in [7, 11) is 3.20. The molecule has 160 valence electrons. The molecule has 30 heavy (non-hydrogen) atoms. The average molecular weight is 430 g/mol. The Hall–Kier alpha value is -2.55. The van der Waals surface area contributed by atoms with Gasteiger partial charge in [-0.25, -0.2) is 0 Å². The number of aliphatic hydroxyl groups is 1. The lowest BCUT2D eigenvalue weighted by Gasteiger charge is -2.13. The highest BCUT2D eigenvalue weighted by atomic mass is 32.2. The second-order valence-electron chi connectivity index (χ2n) is 6.87. The number of hydrogen-bond acceptors (Lipinski definition) is 7. The Balaban J connectivity index is 1.53. The molecule has 1 aromatic heterocycles. The lowest BCUT2D eigenvalue weighted by molar-refractivity contribution is 0.0397. The summed E-state index contributed by atoms with van der Waals surface area (Å²) in [6.45, 7) is 4.57. The number of aromatic nitrogens is 3. The van der Waals surface area contributed by atoms with E-state index in [2.05, 4.69) is 29.3 Å². The van der Waals surface area contributed by atoms with Gasteiger partial charge in [-0.15, -0.1) is 10.2 Å². The third-order valence-electron chi connectivity index (χ3n) is 4.49. The first-order valence-electron chi connectivity index (χ1n) is 9.60. The fourth-order valence-corrected chi connectivity index (χ4v) is 3.91. The molecule has 2 aromatic carbocycles. The maximum absolute atomic E-state index is 10.3. The third kappa shape index (κ3) is 5.53. The quantitative estimate of drug-likeness (QED) is 0.494. The van der Waals surface area contributed by atoms with E-state index in [0.717, 1.165) is 22.2 Å². The highest BCUT2D eigenvalue weighted by molar-refractivity contribution is 7.99. The minimum Gasteiger partial charge on any atom is -0.493 e. The van der Waals surface area contributed by atoms with Gasteiger partial charge in [0.2, 0.25) is 0 Å². The van der Waals surface area contributed by atoms with Gasteiger partial charge in [0, 0.05) is 11.4 Å². The minimum absolute atomic E-state index is 0.221. The molecule has 0 aliphatic rings. The summed E-state index contributed by atoms with van der Waals surface area (Å²) in [5, 5.41) is 19.5. The molecular formula is C22H27N3O4S. The molecule has 3 rings (SSSR count). The molecule has 0 fully saturated rings. The fourth-order valence-electron chi connectivity index (χ4n) is 3.00. The molecule has 0 bridgehead atoms. The molecule has 1 N–H and O–H groups in total. The van der Waals surface area contributed by atoms with E-state index in [9.17, 15) is 5.11 Å². The minimum atomic E-state index is -0.627. The van der Waals surface area contributed by atoms with E-state index in [0.29, 0.717) is 23.9 Å². The molecule has 1 heterocycles. The summed E-state index contributed by atoms with van der Waals surface area (Å²) in [5.74, 6) is 2.59. The molecule has 0 saturated carbocycles. The van der Waals surface area contributed by atoms with Crippen LogP contribution in [-0.2, 0) is 11.3 Å². The Morgan fingerprint density at radius 2 is 1.83 bits per heavy atom. The van der Waals surface area contributed by atoms with Crippen molar-refractivity contribution >= 4 is 11.8 Å². The molecule has 1 atom stereocenters. The van der Waals surface area contributed by atoms with Crippen LogP contribution < -0.4 is 9.47 Å². The van der Waals surface area contributed by atoms with Gasteiger partial charge in [0.1, 0.15) is 5.82 Å². The summed E-state index contributed by atoms with van der Waals surface area (Å²) in [4.78, 5) is 0. The van der Waals surface area contributed by atoms with Gasteiger partial charge < -0.3 is 19.3 Å². The van der Waals surface area contributed by atoms with Gasteiger partial charge in [-0.05, 0) is 49.2 Å². The number of ether oxygens (including phenoxy) is 3. The van der Waals surface area contributed by atoms with E-state index in [1.807, 2.05) is 41.8 Å². The van der Waals surface area contributed by atoms with E-state index in [1.165, 1.54) is 17.3 Å². The van der Waals surface area contributed by atoms with Gasteiger partial charge in [0.15, 0.2) is 16.7 Å². The maximum atomic E-state index is 10.3. The highest BCUT2D eigenvalue weighted by Gasteiger charge is 2.14. The topological polar surface area (TPSA) is 78.6 Å². The predicted octanol–water partition coefficient (Wildman–Crippen LogP) is 3.57. The van der Waals surface area contributed by atoms with Crippen molar-refractivity contribution in [2.45, 2.75) is 31.7 Å². The van der Waals surface area contributed by atoms with E-state index >= 15 is 0 Å². The molecule has 0 saturated heterocycles. The normalized spacial score (nSPS) is 12.0. The Bertz CT molecular complexity index is 977. The van der Waals surface area contributed by atoms with Gasteiger partial charge in [-0.3, -0.25) is 4.57 Å². The second-order valence-corrected chi connectivity index (χ2v) is 7.86. The first-order chi connectivity index (χ1) is 14.5. The van der Waals surface area contributed by atoms with Crippen LogP contribution in [0.3, 0.4) is 0 Å². The molecule has 7 nitrogen and oxygen atoms in total. The van der Waals surface area contributed by atoms with Gasteiger partial charge in [0.25, 0.3) is 0 Å². The number of thioether (sulfide) groups is 1. The molecule has 1 unspecified atom stereocenters. The lowest BCUT2D eigenvalue weighted by atomic mass is 10.2. The number of methoxy groups -OCH3 is 2. The van der Waals surface area contributed by atoms with Crippen molar-refractivity contribution in [2.75, 3.05) is 26.6 Å². The van der Waals surface area contributed by atoms with Crippen molar-refractivity contribution in [2.24, 2.45) is 0 Å². The van der Waals surface area contributed by atoms with Crippen LogP contribution in [0, 0.1) is 13.8 Å². The molecular weight excluding hydrogens is 402 g/mol. The fraction of sp³-hybridized carbons (Fsp3) is 0.364. The smallest absolute Gasteiger partial charge is 0.195 e. The van der Waals surface area contributed by atoms with Crippen molar-refractivity contribution in [3.63, 3.8) is 0 Å². The highest BCUT2D eigenvalue weighted by Crippen LogP contribution is 2.28. The monoisotopic (exact) mass is 429 g/mol. The van der Waals surface area contributed by atoms with Crippen LogP contribution in [0.1, 0.15) is 17.0 Å². The molecule has 0 radical (unpaired) electrons. The molecule has 0 aliphatic heterocycles. The maximum Gasteiger partial charge on any atom is 0.195 e. The van der Waals surface area contributed by atoms with Gasteiger partial charge >= 0.3 is 0 Å². The van der Waals surface area contributed by atoms with Crippen molar-refractivity contribution in [3.05, 3.63) is 59.4 Å². The molecule has 0 spiro atoms. The first kappa shape index (κ1) is 22.1. The van der Waals surface area contributed by atoms with E-state index in [1.54, 1.807) is 14.2 Å². The van der Waals surface area contributed by atoms with Crippen LogP contribution in [0.15, 0.2) is 47.6 Å². The summed E-state index contributed by atoms with van der Waals surface area (Å²) in [6.07, 6.45) is -0.627. The zero-order chi connectivity index (χ0) is 21.5. The van der Waals surface area contributed by atoms with Crippen LogP contribution >= 0.6 is 11.8 Å². The predicted molar refractivity (Wildman–Crippen MR) is 117 cm³/mol. The lowest BCUT2D eigenvalue weighted by Crippen LogP contribution is -2.18. The van der Waals surface area contributed by atoms with Gasteiger partial charge in [-0.1, -0.05) is 30.0 Å². The van der Waals surface area contributed by atoms with Gasteiger partial charge in [0.05, 0.1) is 33.5 Å². The second kappa shape index (κ2) is 10.5. The van der Waals surface area contributed by atoms with Crippen LogP contribution in [0.2, 0.25) is 0 Å². The third-order valence-corrected chi connectivity index (χ3v) is 5.56. The number of benzene rings is 2. The van der Waals surface area contributed by atoms with E-state index in [-0.39, 0.29) is 6.61 Å². The summed E-state index contributed by atoms with van der Waals surface area (Å²) in [6, 6.07) is 13.8. The number of aryl methyl sites for hydroxylation is 2. The number of hydrogen-bond donors (Lipinski definition) is 1. The summed E-state index contributed by atoms with van der Waals surface area (Å²) >= 11 is 1.46. The van der Waals surface area contributed by atoms with Crippen molar-refractivity contribution < 1.29 is 19.3 Å². The molecule has 8 heteroatoms. The standard InChI is InChI=1S/C22H27N3O4S/c1-15-6-5-7-18(10-15)25-16(2)23-24-22(25)30-14-19(26)13-29-12-17-8-9-20(27-3)21(11-17)28-4/h5-11,19,26H,12-14H2,1-4H3. The van der Waals surface area contributed by atoms with Crippen molar-refractivity contribution in [3.8, 4) is 17.2 Å². The molecule has 0 aliphatic carbocycles. The number of aliphatic hydroxyl groups excluding tert-OH is 1. The molecule has 0 amide bonds.